The number of fused-ring (bicyclic) bond motifs is 1. The van der Waals surface area contributed by atoms with Crippen molar-refractivity contribution in [1.29, 1.82) is 0 Å². The zero-order valence-corrected chi connectivity index (χ0v) is 34.7. The van der Waals surface area contributed by atoms with E-state index in [4.69, 9.17) is 37.9 Å². The van der Waals surface area contributed by atoms with Crippen LogP contribution in [-0.2, 0) is 47.3 Å². The highest BCUT2D eigenvalue weighted by molar-refractivity contribution is 5.67. The van der Waals surface area contributed by atoms with Crippen molar-refractivity contribution in [3.05, 3.63) is 215 Å². The molecule has 1 heterocycles. The van der Waals surface area contributed by atoms with Crippen molar-refractivity contribution in [1.82, 2.24) is 0 Å². The van der Waals surface area contributed by atoms with Crippen molar-refractivity contribution < 1.29 is 42.7 Å². The molecule has 0 amide bonds. The van der Waals surface area contributed by atoms with Gasteiger partial charge in [-0.05, 0) is 39.9 Å². The van der Waals surface area contributed by atoms with Gasteiger partial charge in [0.15, 0.2) is 23.7 Å². The molecule has 0 saturated heterocycles. The van der Waals surface area contributed by atoms with E-state index in [-0.39, 0.29) is 26.4 Å². The number of ether oxygens (including phenoxy) is 8. The average Bonchev–Trinajstić information content (AvgIpc) is 3.32. The molecule has 9 nitrogen and oxygen atoms in total. The van der Waals surface area contributed by atoms with E-state index in [1.165, 1.54) is 6.92 Å². The summed E-state index contributed by atoms with van der Waals surface area (Å²) < 4.78 is 52.1. The Kier molecular flexibility index (Phi) is 13.6. The van der Waals surface area contributed by atoms with E-state index < -0.39 is 24.3 Å². The van der Waals surface area contributed by atoms with Crippen molar-refractivity contribution in [2.24, 2.45) is 0 Å². The van der Waals surface area contributed by atoms with Gasteiger partial charge in [-0.2, -0.15) is 0 Å². The second kappa shape index (κ2) is 20.4. The zero-order valence-electron chi connectivity index (χ0n) is 34.7. The summed E-state index contributed by atoms with van der Waals surface area (Å²) in [4.78, 5) is 13.0. The smallest absolute Gasteiger partial charge is 0.303 e. The maximum atomic E-state index is 13.0. The maximum absolute atomic E-state index is 13.0. The maximum Gasteiger partial charge on any atom is 0.303 e. The van der Waals surface area contributed by atoms with E-state index in [1.54, 1.807) is 7.11 Å². The van der Waals surface area contributed by atoms with E-state index >= 15 is 0 Å². The van der Waals surface area contributed by atoms with Crippen LogP contribution >= 0.6 is 0 Å². The van der Waals surface area contributed by atoms with Crippen LogP contribution in [0.25, 0.3) is 0 Å². The quantitative estimate of drug-likeness (QED) is 0.0784. The molecule has 1 aliphatic heterocycles. The van der Waals surface area contributed by atoms with Crippen LogP contribution in [0, 0.1) is 0 Å². The minimum Gasteiger partial charge on any atom is -0.489 e. The van der Waals surface area contributed by atoms with Gasteiger partial charge in [0.2, 0.25) is 5.75 Å². The van der Waals surface area contributed by atoms with Gasteiger partial charge < -0.3 is 37.9 Å². The first kappa shape index (κ1) is 41.5. The Morgan fingerprint density at radius 3 is 1.32 bits per heavy atom. The van der Waals surface area contributed by atoms with Crippen LogP contribution in [0.1, 0.15) is 58.1 Å². The van der Waals surface area contributed by atoms with Gasteiger partial charge in [-0.1, -0.05) is 152 Å². The van der Waals surface area contributed by atoms with E-state index in [2.05, 4.69) is 0 Å². The highest BCUT2D eigenvalue weighted by Crippen LogP contribution is 2.52. The second-order valence-electron chi connectivity index (χ2n) is 14.8. The lowest BCUT2D eigenvalue weighted by Crippen LogP contribution is -2.39. The molecular weight excluding hydrogens is 781 g/mol. The number of benzene rings is 7. The fourth-order valence-electron chi connectivity index (χ4n) is 7.30. The summed E-state index contributed by atoms with van der Waals surface area (Å²) in [5, 5.41) is 0. The molecule has 0 saturated carbocycles. The molecule has 3 atom stereocenters. The minimum absolute atomic E-state index is 0.247. The molecule has 8 rings (SSSR count). The number of esters is 1. The monoisotopic (exact) mass is 828 g/mol. The van der Waals surface area contributed by atoms with Crippen LogP contribution in [0.3, 0.4) is 0 Å². The largest absolute Gasteiger partial charge is 0.489 e. The number of hydrogen-bond donors (Lipinski definition) is 0. The van der Waals surface area contributed by atoms with Gasteiger partial charge in [-0.3, -0.25) is 4.79 Å². The van der Waals surface area contributed by atoms with E-state index in [9.17, 15) is 4.79 Å². The van der Waals surface area contributed by atoms with Gasteiger partial charge in [0, 0.05) is 31.7 Å². The van der Waals surface area contributed by atoms with Gasteiger partial charge in [0.25, 0.3) is 0 Å². The summed E-state index contributed by atoms with van der Waals surface area (Å²) in [6.45, 7) is 2.71. The lowest BCUT2D eigenvalue weighted by Gasteiger charge is -2.39. The molecule has 0 spiro atoms. The summed E-state index contributed by atoms with van der Waals surface area (Å²) in [5.41, 5.74) is 6.06. The molecule has 1 aliphatic rings. The Labute approximate surface area is 362 Å². The molecule has 62 heavy (non-hydrogen) atoms. The van der Waals surface area contributed by atoms with E-state index in [0.29, 0.717) is 52.2 Å². The molecule has 0 radical (unpaired) electrons. The number of hydrogen-bond acceptors (Lipinski definition) is 9. The van der Waals surface area contributed by atoms with E-state index in [0.717, 1.165) is 27.8 Å². The zero-order chi connectivity index (χ0) is 42.5. The van der Waals surface area contributed by atoms with Gasteiger partial charge in [0.1, 0.15) is 56.4 Å². The number of carbonyl (C=O) groups is 1. The number of methoxy groups -OCH3 is 1. The fraction of sp³-hybridized carbons (Fsp3) is 0.189. The van der Waals surface area contributed by atoms with Crippen LogP contribution in [0.2, 0.25) is 0 Å². The average molecular weight is 829 g/mol. The Hall–Kier alpha value is -7.23. The minimum atomic E-state index is -0.972. The third-order valence-electron chi connectivity index (χ3n) is 10.3. The van der Waals surface area contributed by atoms with Crippen LogP contribution in [0.4, 0.5) is 0 Å². The van der Waals surface area contributed by atoms with Crippen LogP contribution in [0.5, 0.6) is 34.5 Å². The SMILES string of the molecule is CO[C@H]1c2c(OCc3ccccc3)cc(OCc3ccccc3)cc2O[C@H](c2cc(OCc3ccccc3)c(OCc3ccccc3)c(OCc3ccccc3)c2)[C@H]1OC(C)=O. The molecular formula is C53H48O9. The Morgan fingerprint density at radius 1 is 0.500 bits per heavy atom. The topological polar surface area (TPSA) is 90.9 Å². The van der Waals surface area contributed by atoms with Crippen molar-refractivity contribution in [2.75, 3.05) is 7.11 Å². The first-order valence-electron chi connectivity index (χ1n) is 20.6. The molecule has 0 bridgehead atoms. The highest BCUT2D eigenvalue weighted by Gasteiger charge is 2.45. The van der Waals surface area contributed by atoms with Gasteiger partial charge in [0.05, 0.1) is 5.56 Å². The molecule has 0 aliphatic carbocycles. The molecule has 0 N–H and O–H groups in total. The van der Waals surface area contributed by atoms with E-state index in [1.807, 2.05) is 176 Å². The Morgan fingerprint density at radius 2 is 0.903 bits per heavy atom. The number of carbonyl (C=O) groups excluding carboxylic acids is 1. The highest BCUT2D eigenvalue weighted by atomic mass is 16.6. The summed E-state index contributed by atoms with van der Waals surface area (Å²) in [6.07, 6.45) is -2.71. The third-order valence-corrected chi connectivity index (χ3v) is 10.3. The van der Waals surface area contributed by atoms with Crippen LogP contribution in [0.15, 0.2) is 176 Å². The summed E-state index contributed by atoms with van der Waals surface area (Å²) >= 11 is 0. The summed E-state index contributed by atoms with van der Waals surface area (Å²) in [5.74, 6) is 2.19. The molecule has 0 aromatic heterocycles. The summed E-state index contributed by atoms with van der Waals surface area (Å²) in [7, 11) is 1.58. The molecule has 9 heteroatoms. The Bertz CT molecular complexity index is 2430. The fourth-order valence-corrected chi connectivity index (χ4v) is 7.30. The third kappa shape index (κ3) is 10.6. The van der Waals surface area contributed by atoms with Crippen LogP contribution < -0.4 is 28.4 Å². The van der Waals surface area contributed by atoms with Gasteiger partial charge in [-0.25, -0.2) is 0 Å². The predicted octanol–water partition coefficient (Wildman–Crippen LogP) is 11.3. The Balaban J connectivity index is 1.23. The standard InChI is InChI=1S/C53H48O9/c1-37(54)61-53-50(62-46-31-44(56-32-38-18-8-3-9-19-38)30-45(49(46)52(53)55-2)57-33-39-20-10-4-11-21-39)43-28-47(58-34-40-22-12-5-13-23-40)51(60-36-42-26-16-7-17-27-42)48(29-43)59-35-41-24-14-6-15-25-41/h3-31,50,52-53H,32-36H2,1-2H3/t50-,52+,53-/m1/s1. The van der Waals surface area contributed by atoms with Gasteiger partial charge in [-0.15, -0.1) is 0 Å². The van der Waals surface area contributed by atoms with Crippen molar-refractivity contribution in [3.8, 4) is 34.5 Å². The lowest BCUT2D eigenvalue weighted by atomic mass is 9.90. The first-order valence-corrected chi connectivity index (χ1v) is 20.6. The van der Waals surface area contributed by atoms with Crippen molar-refractivity contribution in [2.45, 2.75) is 58.3 Å². The van der Waals surface area contributed by atoms with Crippen molar-refractivity contribution >= 4 is 5.97 Å². The predicted molar refractivity (Wildman–Crippen MR) is 235 cm³/mol. The molecule has 0 fully saturated rings. The number of rotatable bonds is 18. The lowest BCUT2D eigenvalue weighted by molar-refractivity contribution is -0.167. The van der Waals surface area contributed by atoms with Gasteiger partial charge >= 0.3 is 5.97 Å². The summed E-state index contributed by atoms with van der Waals surface area (Å²) in [6, 6.07) is 56.8. The first-order chi connectivity index (χ1) is 30.5. The molecule has 0 unspecified atom stereocenters. The van der Waals surface area contributed by atoms with Crippen molar-refractivity contribution in [3.63, 3.8) is 0 Å². The molecule has 7 aromatic carbocycles. The van der Waals surface area contributed by atoms with Crippen LogP contribution in [-0.4, -0.2) is 19.2 Å². The second-order valence-corrected chi connectivity index (χ2v) is 14.8. The molecule has 314 valence electrons. The molecule has 7 aromatic rings. The normalized spacial score (nSPS) is 15.4.